The fourth-order valence-corrected chi connectivity index (χ4v) is 4.84. The average molecular weight is 505 g/mol. The van der Waals surface area contributed by atoms with Gasteiger partial charge in [0.05, 0.1) is 31.3 Å². The number of nitrogens with zero attached hydrogens (tertiary/aromatic N) is 1. The van der Waals surface area contributed by atoms with E-state index in [0.29, 0.717) is 5.56 Å². The third-order valence-electron chi connectivity index (χ3n) is 6.02. The molecular formula is C24H25ClN2O8. The van der Waals surface area contributed by atoms with E-state index >= 15 is 0 Å². The molecule has 2 aromatic carbocycles. The Morgan fingerprint density at radius 3 is 2.14 bits per heavy atom. The lowest BCUT2D eigenvalue weighted by Gasteiger charge is -2.32. The van der Waals surface area contributed by atoms with Gasteiger partial charge in [-0.15, -0.1) is 0 Å². The molecule has 1 heterocycles. The van der Waals surface area contributed by atoms with Crippen molar-refractivity contribution in [3.63, 3.8) is 0 Å². The number of rotatable bonds is 8. The predicted octanol–water partition coefficient (Wildman–Crippen LogP) is 3.26. The lowest BCUT2D eigenvalue weighted by molar-refractivity contribution is -0.386. The summed E-state index contributed by atoms with van der Waals surface area (Å²) in [6.07, 6.45) is -0.564. The van der Waals surface area contributed by atoms with Crippen molar-refractivity contribution in [2.45, 2.75) is 37.3 Å². The number of methoxy groups -OCH3 is 1. The van der Waals surface area contributed by atoms with Gasteiger partial charge in [-0.3, -0.25) is 20.2 Å². The van der Waals surface area contributed by atoms with E-state index in [4.69, 9.17) is 25.8 Å². The second-order valence-corrected chi connectivity index (χ2v) is 8.27. The van der Waals surface area contributed by atoms with E-state index in [1.165, 1.54) is 24.3 Å². The third kappa shape index (κ3) is 4.35. The van der Waals surface area contributed by atoms with Crippen molar-refractivity contribution in [3.8, 4) is 0 Å². The lowest BCUT2D eigenvalue weighted by atomic mass is 9.69. The zero-order chi connectivity index (χ0) is 25.8. The van der Waals surface area contributed by atoms with Crippen molar-refractivity contribution in [3.05, 3.63) is 74.8 Å². The monoisotopic (exact) mass is 504 g/mol. The number of carbonyl (C=O) groups excluding carboxylic acids is 3. The van der Waals surface area contributed by atoms with Crippen LogP contribution in [0.15, 0.2) is 48.5 Å². The molecule has 0 aromatic heterocycles. The number of carbonyl (C=O) groups is 3. The van der Waals surface area contributed by atoms with Gasteiger partial charge in [-0.25, -0.2) is 9.59 Å². The van der Waals surface area contributed by atoms with E-state index in [0.717, 1.165) is 7.11 Å². The molecule has 1 fully saturated rings. The second-order valence-electron chi connectivity index (χ2n) is 7.86. The van der Waals surface area contributed by atoms with Crippen LogP contribution in [0.4, 0.5) is 5.69 Å². The van der Waals surface area contributed by atoms with Gasteiger partial charge in [-0.05, 0) is 25.5 Å². The molecule has 2 atom stereocenters. The molecule has 0 radical (unpaired) electrons. The maximum atomic E-state index is 13.6. The molecule has 1 aliphatic heterocycles. The van der Waals surface area contributed by atoms with Crippen LogP contribution < -0.4 is 5.32 Å². The zero-order valence-corrected chi connectivity index (χ0v) is 20.2. The number of nitro benzene ring substituents is 1. The van der Waals surface area contributed by atoms with Gasteiger partial charge in [-0.2, -0.15) is 0 Å². The molecule has 0 aliphatic carbocycles. The molecule has 3 rings (SSSR count). The smallest absolute Gasteiger partial charge is 0.338 e. The first-order chi connectivity index (χ1) is 16.7. The Hall–Kier alpha value is -3.50. The van der Waals surface area contributed by atoms with Crippen LogP contribution in [0.1, 0.15) is 37.4 Å². The summed E-state index contributed by atoms with van der Waals surface area (Å²) in [5.41, 5.74) is -4.21. The zero-order valence-electron chi connectivity index (χ0n) is 19.4. The highest BCUT2D eigenvalue weighted by atomic mass is 35.5. The van der Waals surface area contributed by atoms with Crippen LogP contribution in [0.2, 0.25) is 5.02 Å². The number of hydrogen-bond donors (Lipinski definition) is 1. The lowest BCUT2D eigenvalue weighted by Crippen LogP contribution is -2.56. The predicted molar refractivity (Wildman–Crippen MR) is 125 cm³/mol. The molecule has 11 heteroatoms. The number of halogens is 1. The fraction of sp³-hybridized carbons (Fsp3) is 0.375. The highest BCUT2D eigenvalue weighted by Crippen LogP contribution is 2.54. The van der Waals surface area contributed by atoms with Gasteiger partial charge in [0.2, 0.25) is 5.54 Å². The Bertz CT molecular complexity index is 1140. The average Bonchev–Trinajstić information content (AvgIpc) is 3.22. The second kappa shape index (κ2) is 10.4. The molecule has 1 saturated heterocycles. The molecule has 0 bridgehead atoms. The Balaban J connectivity index is 2.43. The number of hydrogen-bond acceptors (Lipinski definition) is 9. The van der Waals surface area contributed by atoms with Crippen molar-refractivity contribution in [2.75, 3.05) is 20.3 Å². The van der Waals surface area contributed by atoms with Gasteiger partial charge in [0.25, 0.3) is 5.69 Å². The Morgan fingerprint density at radius 2 is 1.60 bits per heavy atom. The number of para-hydroxylation sites is 1. The van der Waals surface area contributed by atoms with E-state index < -0.39 is 46.2 Å². The van der Waals surface area contributed by atoms with Crippen molar-refractivity contribution >= 4 is 35.2 Å². The maximum absolute atomic E-state index is 13.6. The van der Waals surface area contributed by atoms with Crippen LogP contribution in [-0.2, 0) is 34.0 Å². The molecule has 0 amide bonds. The summed E-state index contributed by atoms with van der Waals surface area (Å²) in [6.45, 7) is 3.00. The standard InChI is InChI=1S/C24H25ClN2O8/c1-4-34-21(29)24(22(30)35-5-2)14-23(20(28)33-3,16-11-7-9-13-18(16)27(31)32)19(26-24)15-10-6-8-12-17(15)25/h6-13,19,26H,4-5,14H2,1-3H3/t19-,23+/m1/s1. The van der Waals surface area contributed by atoms with Crippen LogP contribution in [0, 0.1) is 10.1 Å². The summed E-state index contributed by atoms with van der Waals surface area (Å²) in [5.74, 6) is -2.88. The molecule has 35 heavy (non-hydrogen) atoms. The van der Waals surface area contributed by atoms with Crippen molar-refractivity contribution in [1.29, 1.82) is 0 Å². The van der Waals surface area contributed by atoms with Crippen LogP contribution >= 0.6 is 11.6 Å². The van der Waals surface area contributed by atoms with Gasteiger partial charge in [0.15, 0.2) is 0 Å². The Morgan fingerprint density at radius 1 is 1.03 bits per heavy atom. The highest BCUT2D eigenvalue weighted by molar-refractivity contribution is 6.31. The minimum atomic E-state index is -2.17. The molecule has 0 saturated carbocycles. The largest absolute Gasteiger partial charge is 0.468 e. The fourth-order valence-electron chi connectivity index (χ4n) is 4.59. The molecule has 10 nitrogen and oxygen atoms in total. The van der Waals surface area contributed by atoms with Gasteiger partial charge in [0, 0.05) is 23.1 Å². The summed E-state index contributed by atoms with van der Waals surface area (Å²) in [6, 6.07) is 10.9. The van der Waals surface area contributed by atoms with E-state index in [1.54, 1.807) is 38.1 Å². The SMILES string of the molecule is CCOC(=O)C1(C(=O)OCC)C[C@](C(=O)OC)(c2ccccc2[N+](=O)[O-])[C@@H](c2ccccc2Cl)N1. The number of benzene rings is 2. The summed E-state index contributed by atoms with van der Waals surface area (Å²) in [4.78, 5) is 51.6. The summed E-state index contributed by atoms with van der Waals surface area (Å²) < 4.78 is 15.6. The molecular weight excluding hydrogens is 480 g/mol. The minimum Gasteiger partial charge on any atom is -0.468 e. The Kier molecular flexibility index (Phi) is 7.76. The highest BCUT2D eigenvalue weighted by Gasteiger charge is 2.69. The van der Waals surface area contributed by atoms with Gasteiger partial charge >= 0.3 is 17.9 Å². The minimum absolute atomic E-state index is 0.0512. The normalized spacial score (nSPS) is 20.6. The first kappa shape index (κ1) is 26.1. The van der Waals surface area contributed by atoms with E-state index in [-0.39, 0.29) is 29.5 Å². The topological polar surface area (TPSA) is 134 Å². The summed E-state index contributed by atoms with van der Waals surface area (Å²) in [5, 5.41) is 15.2. The van der Waals surface area contributed by atoms with Crippen molar-refractivity contribution < 1.29 is 33.5 Å². The third-order valence-corrected chi connectivity index (χ3v) is 6.37. The molecule has 1 aliphatic rings. The Labute approximate surface area is 206 Å². The molecule has 0 spiro atoms. The van der Waals surface area contributed by atoms with Crippen LogP contribution in [0.25, 0.3) is 0 Å². The van der Waals surface area contributed by atoms with E-state index in [9.17, 15) is 24.5 Å². The molecule has 186 valence electrons. The van der Waals surface area contributed by atoms with Crippen molar-refractivity contribution in [1.82, 2.24) is 5.32 Å². The van der Waals surface area contributed by atoms with Crippen LogP contribution in [0.5, 0.6) is 0 Å². The van der Waals surface area contributed by atoms with Gasteiger partial charge < -0.3 is 14.2 Å². The quantitative estimate of drug-likeness (QED) is 0.189. The van der Waals surface area contributed by atoms with E-state index in [1.807, 2.05) is 0 Å². The van der Waals surface area contributed by atoms with E-state index in [2.05, 4.69) is 5.32 Å². The number of nitro groups is 1. The number of esters is 3. The number of nitrogens with one attached hydrogen (secondary N) is 1. The van der Waals surface area contributed by atoms with Crippen molar-refractivity contribution in [2.24, 2.45) is 0 Å². The first-order valence-electron chi connectivity index (χ1n) is 10.9. The molecule has 0 unspecified atom stereocenters. The van der Waals surface area contributed by atoms with Gasteiger partial charge in [0.1, 0.15) is 5.41 Å². The molecule has 2 aromatic rings. The molecule has 1 N–H and O–H groups in total. The summed E-state index contributed by atoms with van der Waals surface area (Å²) >= 11 is 6.49. The van der Waals surface area contributed by atoms with Crippen LogP contribution in [0.3, 0.4) is 0 Å². The maximum Gasteiger partial charge on any atom is 0.338 e. The van der Waals surface area contributed by atoms with Gasteiger partial charge in [-0.1, -0.05) is 48.0 Å². The summed E-state index contributed by atoms with van der Waals surface area (Å²) in [7, 11) is 1.12. The van der Waals surface area contributed by atoms with Crippen LogP contribution in [-0.4, -0.2) is 48.7 Å². The first-order valence-corrected chi connectivity index (χ1v) is 11.3. The number of ether oxygens (including phenoxy) is 3.